The molecule has 1 aromatic carbocycles. The lowest BCUT2D eigenvalue weighted by Crippen LogP contribution is -2.12. The van der Waals surface area contributed by atoms with Crippen molar-refractivity contribution in [3.05, 3.63) is 23.8 Å². The number of hydrogen-bond acceptors (Lipinski definition) is 4. The van der Waals surface area contributed by atoms with Gasteiger partial charge in [-0.2, -0.15) is 0 Å². The molecule has 5 N–H and O–H groups in total. The maximum absolute atomic E-state index is 10.9. The third kappa shape index (κ3) is 2.41. The number of rotatable bonds is 2. The zero-order chi connectivity index (χ0) is 10.1. The van der Waals surface area contributed by atoms with E-state index in [-0.39, 0.29) is 17.2 Å². The summed E-state index contributed by atoms with van der Waals surface area (Å²) in [6, 6.07) is 4.01. The molecule has 1 rings (SSSR count). The highest BCUT2D eigenvalue weighted by atomic mass is 32.2. The Morgan fingerprint density at radius 1 is 1.31 bits per heavy atom. The van der Waals surface area contributed by atoms with E-state index < -0.39 is 10.0 Å². The molecule has 0 aliphatic rings. The van der Waals surface area contributed by atoms with Gasteiger partial charge in [0.1, 0.15) is 0 Å². The van der Waals surface area contributed by atoms with Gasteiger partial charge in [-0.15, -0.1) is 0 Å². The van der Waals surface area contributed by atoms with Gasteiger partial charge in [-0.1, -0.05) is 0 Å². The van der Waals surface area contributed by atoms with Crippen LogP contribution in [0.15, 0.2) is 23.1 Å². The second-order valence-corrected chi connectivity index (χ2v) is 4.17. The summed E-state index contributed by atoms with van der Waals surface area (Å²) in [4.78, 5) is -0.0865. The van der Waals surface area contributed by atoms with Crippen LogP contribution in [0.25, 0.3) is 0 Å². The lowest BCUT2D eigenvalue weighted by molar-refractivity contribution is 0.281. The van der Waals surface area contributed by atoms with Crippen molar-refractivity contribution >= 4 is 15.7 Å². The molecule has 0 atom stereocenters. The maximum atomic E-state index is 10.9. The SMILES string of the molecule is Nc1cc(CO)cc(S(N)(=O)=O)c1. The van der Waals surface area contributed by atoms with Gasteiger partial charge < -0.3 is 10.8 Å². The number of anilines is 1. The summed E-state index contributed by atoms with van der Waals surface area (Å²) < 4.78 is 21.8. The number of primary sulfonamides is 1. The first-order chi connectivity index (χ1) is 5.93. The fraction of sp³-hybridized carbons (Fsp3) is 0.143. The Morgan fingerprint density at radius 3 is 2.38 bits per heavy atom. The molecule has 13 heavy (non-hydrogen) atoms. The molecule has 6 heteroatoms. The molecule has 0 aliphatic heterocycles. The number of nitrogen functional groups attached to an aromatic ring is 1. The van der Waals surface area contributed by atoms with Gasteiger partial charge in [-0.3, -0.25) is 0 Å². The van der Waals surface area contributed by atoms with Crippen LogP contribution in [-0.4, -0.2) is 13.5 Å². The van der Waals surface area contributed by atoms with E-state index in [1.807, 2.05) is 0 Å². The van der Waals surface area contributed by atoms with E-state index in [2.05, 4.69) is 0 Å². The first kappa shape index (κ1) is 9.97. The van der Waals surface area contributed by atoms with Crippen molar-refractivity contribution in [2.75, 3.05) is 5.73 Å². The van der Waals surface area contributed by atoms with E-state index in [0.717, 1.165) is 0 Å². The van der Waals surface area contributed by atoms with Gasteiger partial charge in [-0.05, 0) is 23.8 Å². The second kappa shape index (κ2) is 3.33. The quantitative estimate of drug-likeness (QED) is 0.557. The van der Waals surface area contributed by atoms with Gasteiger partial charge in [0.15, 0.2) is 0 Å². The van der Waals surface area contributed by atoms with Crippen LogP contribution in [0, 0.1) is 0 Å². The molecule has 5 nitrogen and oxygen atoms in total. The predicted molar refractivity (Wildman–Crippen MR) is 48.2 cm³/mol. The van der Waals surface area contributed by atoms with Crippen molar-refractivity contribution in [3.8, 4) is 0 Å². The minimum Gasteiger partial charge on any atom is -0.399 e. The molecular formula is C7H10N2O3S. The monoisotopic (exact) mass is 202 g/mol. The Kier molecular flexibility index (Phi) is 2.55. The molecule has 0 aliphatic carbocycles. The first-order valence-corrected chi connectivity index (χ1v) is 5.01. The molecule has 0 bridgehead atoms. The van der Waals surface area contributed by atoms with Crippen LogP contribution in [0.4, 0.5) is 5.69 Å². The van der Waals surface area contributed by atoms with Crippen LogP contribution in [0.5, 0.6) is 0 Å². The molecule has 72 valence electrons. The normalized spacial score (nSPS) is 11.5. The van der Waals surface area contributed by atoms with E-state index in [1.165, 1.54) is 18.2 Å². The standard InChI is InChI=1S/C7H10N2O3S/c8-6-1-5(4-10)2-7(3-6)13(9,11)12/h1-3,10H,4,8H2,(H2,9,11,12). The lowest BCUT2D eigenvalue weighted by atomic mass is 10.2. The maximum Gasteiger partial charge on any atom is 0.238 e. The molecule has 0 heterocycles. The second-order valence-electron chi connectivity index (χ2n) is 2.61. The summed E-state index contributed by atoms with van der Waals surface area (Å²) in [6.45, 7) is -0.270. The molecule has 0 amide bonds. The third-order valence-electron chi connectivity index (χ3n) is 1.50. The number of sulfonamides is 1. The molecule has 0 saturated heterocycles. The van der Waals surface area contributed by atoms with E-state index in [0.29, 0.717) is 5.56 Å². The van der Waals surface area contributed by atoms with Gasteiger partial charge in [0.2, 0.25) is 10.0 Å². The number of aliphatic hydroxyl groups is 1. The summed E-state index contributed by atoms with van der Waals surface area (Å²) in [5, 5.41) is 13.6. The van der Waals surface area contributed by atoms with Crippen LogP contribution in [-0.2, 0) is 16.6 Å². The number of nitrogens with two attached hydrogens (primary N) is 2. The summed E-state index contributed by atoms with van der Waals surface area (Å²) >= 11 is 0. The Morgan fingerprint density at radius 2 is 1.92 bits per heavy atom. The van der Waals surface area contributed by atoms with E-state index >= 15 is 0 Å². The zero-order valence-corrected chi connectivity index (χ0v) is 7.58. The predicted octanol–water partition coefficient (Wildman–Crippen LogP) is -0.591. The van der Waals surface area contributed by atoms with E-state index in [1.54, 1.807) is 0 Å². The van der Waals surface area contributed by atoms with Crippen molar-refractivity contribution in [2.45, 2.75) is 11.5 Å². The fourth-order valence-corrected chi connectivity index (χ4v) is 1.56. The van der Waals surface area contributed by atoms with E-state index in [9.17, 15) is 8.42 Å². The summed E-state index contributed by atoms with van der Waals surface area (Å²) in [7, 11) is -3.75. The van der Waals surface area contributed by atoms with Crippen LogP contribution in [0.2, 0.25) is 0 Å². The molecule has 0 saturated carbocycles. The van der Waals surface area contributed by atoms with Gasteiger partial charge in [0.25, 0.3) is 0 Å². The molecule has 1 aromatic rings. The molecule has 0 aromatic heterocycles. The average molecular weight is 202 g/mol. The van der Waals surface area contributed by atoms with Gasteiger partial charge in [-0.25, -0.2) is 13.6 Å². The Balaban J connectivity index is 3.33. The van der Waals surface area contributed by atoms with Gasteiger partial charge in [0, 0.05) is 5.69 Å². The topological polar surface area (TPSA) is 106 Å². The minimum atomic E-state index is -3.75. The highest BCUT2D eigenvalue weighted by molar-refractivity contribution is 7.89. The minimum absolute atomic E-state index is 0.0865. The van der Waals surface area contributed by atoms with Crippen LogP contribution < -0.4 is 10.9 Å². The Bertz CT molecular complexity index is 414. The first-order valence-electron chi connectivity index (χ1n) is 3.46. The molecular weight excluding hydrogens is 192 g/mol. The summed E-state index contributed by atoms with van der Waals surface area (Å²) in [6.07, 6.45) is 0. The number of benzene rings is 1. The molecule has 0 unspecified atom stereocenters. The number of aliphatic hydroxyl groups excluding tert-OH is 1. The number of hydrogen-bond donors (Lipinski definition) is 3. The van der Waals surface area contributed by atoms with Crippen molar-refractivity contribution in [1.29, 1.82) is 0 Å². The van der Waals surface area contributed by atoms with Crippen LogP contribution >= 0.6 is 0 Å². The highest BCUT2D eigenvalue weighted by Gasteiger charge is 2.09. The van der Waals surface area contributed by atoms with Crippen molar-refractivity contribution in [1.82, 2.24) is 0 Å². The van der Waals surface area contributed by atoms with Crippen LogP contribution in [0.3, 0.4) is 0 Å². The smallest absolute Gasteiger partial charge is 0.238 e. The van der Waals surface area contributed by atoms with E-state index in [4.69, 9.17) is 16.0 Å². The molecule has 0 radical (unpaired) electrons. The summed E-state index contributed by atoms with van der Waals surface area (Å²) in [5.41, 5.74) is 6.08. The third-order valence-corrected chi connectivity index (χ3v) is 2.39. The van der Waals surface area contributed by atoms with Gasteiger partial charge in [0.05, 0.1) is 11.5 Å². The van der Waals surface area contributed by atoms with Crippen molar-refractivity contribution < 1.29 is 13.5 Å². The highest BCUT2D eigenvalue weighted by Crippen LogP contribution is 2.15. The van der Waals surface area contributed by atoms with Crippen molar-refractivity contribution in [2.24, 2.45) is 5.14 Å². The molecule has 0 fully saturated rings. The zero-order valence-electron chi connectivity index (χ0n) is 6.77. The largest absolute Gasteiger partial charge is 0.399 e. The summed E-state index contributed by atoms with van der Waals surface area (Å²) in [5.74, 6) is 0. The van der Waals surface area contributed by atoms with Gasteiger partial charge >= 0.3 is 0 Å². The Labute approximate surface area is 76.0 Å². The Hall–Kier alpha value is -1.11. The van der Waals surface area contributed by atoms with Crippen molar-refractivity contribution in [3.63, 3.8) is 0 Å². The molecule has 0 spiro atoms. The fourth-order valence-electron chi connectivity index (χ4n) is 0.942. The van der Waals surface area contributed by atoms with Crippen LogP contribution in [0.1, 0.15) is 5.56 Å². The average Bonchev–Trinajstić information content (AvgIpc) is 2.01. The lowest BCUT2D eigenvalue weighted by Gasteiger charge is -2.03.